The molecule has 1 aromatic rings. The van der Waals surface area contributed by atoms with Gasteiger partial charge in [-0.2, -0.15) is 0 Å². The maximum Gasteiger partial charge on any atom is 0.211 e. The van der Waals surface area contributed by atoms with E-state index in [0.717, 1.165) is 17.3 Å². The van der Waals surface area contributed by atoms with Crippen molar-refractivity contribution in [2.24, 2.45) is 5.92 Å². The van der Waals surface area contributed by atoms with Crippen LogP contribution in [0.4, 0.5) is 0 Å². The Morgan fingerprint density at radius 3 is 2.90 bits per heavy atom. The third kappa shape index (κ3) is 4.66. The van der Waals surface area contributed by atoms with Crippen molar-refractivity contribution in [1.82, 2.24) is 4.31 Å². The molecule has 0 bridgehead atoms. The number of benzene rings is 1. The summed E-state index contributed by atoms with van der Waals surface area (Å²) in [6.45, 7) is 1.05. The number of sulfonamides is 1. The van der Waals surface area contributed by atoms with Crippen molar-refractivity contribution in [2.45, 2.75) is 25.4 Å². The fraction of sp³-hybridized carbons (Fsp3) is 0.571. The molecule has 7 heteroatoms. The molecule has 118 valence electrons. The Morgan fingerprint density at radius 1 is 1.52 bits per heavy atom. The van der Waals surface area contributed by atoms with Crippen LogP contribution in [0.3, 0.4) is 0 Å². The zero-order chi connectivity index (χ0) is 15.6. The number of hydrogen-bond acceptors (Lipinski definition) is 3. The highest BCUT2D eigenvalue weighted by Gasteiger charge is 2.28. The number of rotatable bonds is 4. The van der Waals surface area contributed by atoms with Gasteiger partial charge in [0, 0.05) is 28.1 Å². The van der Waals surface area contributed by atoms with Crippen molar-refractivity contribution < 1.29 is 13.5 Å². The standard InChI is InChI=1S/C14H19BrClNO3S/c1-21(19,20)17-6-2-3-10(9-17)7-14(18)12-8-11(15)4-5-13(12)16/h4-5,8,10,14,18H,2-3,6-7,9H2,1H3. The van der Waals surface area contributed by atoms with E-state index in [1.54, 1.807) is 6.07 Å². The molecule has 1 aliphatic rings. The predicted molar refractivity (Wildman–Crippen MR) is 87.9 cm³/mol. The molecule has 1 aliphatic heterocycles. The Bertz CT molecular complexity index is 608. The van der Waals surface area contributed by atoms with Gasteiger partial charge < -0.3 is 5.11 Å². The Labute approximate surface area is 139 Å². The van der Waals surface area contributed by atoms with E-state index in [1.807, 2.05) is 12.1 Å². The van der Waals surface area contributed by atoms with E-state index >= 15 is 0 Å². The van der Waals surface area contributed by atoms with Gasteiger partial charge in [0.2, 0.25) is 10.0 Å². The molecule has 0 aliphatic carbocycles. The lowest BCUT2D eigenvalue weighted by molar-refractivity contribution is 0.123. The van der Waals surface area contributed by atoms with E-state index in [9.17, 15) is 13.5 Å². The van der Waals surface area contributed by atoms with Crippen LogP contribution in [-0.2, 0) is 10.0 Å². The van der Waals surface area contributed by atoms with Crippen LogP contribution >= 0.6 is 27.5 Å². The lowest BCUT2D eigenvalue weighted by Gasteiger charge is -2.32. The normalized spacial score (nSPS) is 22.2. The first-order valence-electron chi connectivity index (χ1n) is 6.85. The van der Waals surface area contributed by atoms with Crippen molar-refractivity contribution in [3.05, 3.63) is 33.3 Å². The molecule has 0 saturated carbocycles. The van der Waals surface area contributed by atoms with Crippen LogP contribution in [0.5, 0.6) is 0 Å². The number of aliphatic hydroxyl groups excluding tert-OH is 1. The van der Waals surface area contributed by atoms with Crippen molar-refractivity contribution >= 4 is 37.6 Å². The van der Waals surface area contributed by atoms with Gasteiger partial charge in [0.1, 0.15) is 0 Å². The molecule has 1 aromatic carbocycles. The van der Waals surface area contributed by atoms with Crippen LogP contribution in [-0.4, -0.2) is 37.2 Å². The van der Waals surface area contributed by atoms with Crippen LogP contribution in [0.1, 0.15) is 30.9 Å². The molecule has 4 nitrogen and oxygen atoms in total. The van der Waals surface area contributed by atoms with Crippen molar-refractivity contribution in [3.8, 4) is 0 Å². The Kier molecular flexibility index (Phi) is 5.71. The Balaban J connectivity index is 2.05. The van der Waals surface area contributed by atoms with Gasteiger partial charge in [-0.15, -0.1) is 0 Å². The molecule has 21 heavy (non-hydrogen) atoms. The van der Waals surface area contributed by atoms with E-state index in [-0.39, 0.29) is 5.92 Å². The minimum atomic E-state index is -3.16. The largest absolute Gasteiger partial charge is 0.388 e. The number of nitrogens with zero attached hydrogens (tertiary/aromatic N) is 1. The monoisotopic (exact) mass is 395 g/mol. The molecule has 2 unspecified atom stereocenters. The summed E-state index contributed by atoms with van der Waals surface area (Å²) in [5.74, 6) is 0.151. The first-order chi connectivity index (χ1) is 9.77. The van der Waals surface area contributed by atoms with Gasteiger partial charge in [-0.1, -0.05) is 27.5 Å². The van der Waals surface area contributed by atoms with E-state index in [0.29, 0.717) is 30.1 Å². The third-order valence-electron chi connectivity index (χ3n) is 3.82. The first-order valence-corrected chi connectivity index (χ1v) is 9.87. The highest BCUT2D eigenvalue weighted by Crippen LogP contribution is 2.33. The van der Waals surface area contributed by atoms with Gasteiger partial charge in [0.15, 0.2) is 0 Å². The molecular weight excluding hydrogens is 378 g/mol. The summed E-state index contributed by atoms with van der Waals surface area (Å²) >= 11 is 9.49. The predicted octanol–water partition coefficient (Wildman–Crippen LogP) is 3.20. The zero-order valence-electron chi connectivity index (χ0n) is 11.8. The lowest BCUT2D eigenvalue weighted by atomic mass is 9.91. The van der Waals surface area contributed by atoms with Crippen LogP contribution in [0.15, 0.2) is 22.7 Å². The van der Waals surface area contributed by atoms with Gasteiger partial charge in [0.05, 0.1) is 12.4 Å². The summed E-state index contributed by atoms with van der Waals surface area (Å²) in [7, 11) is -3.16. The van der Waals surface area contributed by atoms with Gasteiger partial charge in [0.25, 0.3) is 0 Å². The average molecular weight is 397 g/mol. The number of hydrogen-bond donors (Lipinski definition) is 1. The van der Waals surface area contributed by atoms with Gasteiger partial charge in [-0.25, -0.2) is 12.7 Å². The molecule has 0 aromatic heterocycles. The van der Waals surface area contributed by atoms with Crippen molar-refractivity contribution in [1.29, 1.82) is 0 Å². The van der Waals surface area contributed by atoms with Gasteiger partial charge in [-0.05, 0) is 43.4 Å². The number of aliphatic hydroxyl groups is 1. The third-order valence-corrected chi connectivity index (χ3v) is 5.93. The quantitative estimate of drug-likeness (QED) is 0.850. The van der Waals surface area contributed by atoms with E-state index in [2.05, 4.69) is 15.9 Å². The molecule has 1 heterocycles. The highest BCUT2D eigenvalue weighted by atomic mass is 79.9. The maximum absolute atomic E-state index is 11.6. The van der Waals surface area contributed by atoms with Crippen molar-refractivity contribution in [2.75, 3.05) is 19.3 Å². The fourth-order valence-electron chi connectivity index (χ4n) is 2.73. The Morgan fingerprint density at radius 2 is 2.24 bits per heavy atom. The fourth-order valence-corrected chi connectivity index (χ4v) is 4.30. The van der Waals surface area contributed by atoms with E-state index in [1.165, 1.54) is 10.6 Å². The lowest BCUT2D eigenvalue weighted by Crippen LogP contribution is -2.39. The average Bonchev–Trinajstić information content (AvgIpc) is 2.41. The SMILES string of the molecule is CS(=O)(=O)N1CCCC(CC(O)c2cc(Br)ccc2Cl)C1. The minimum Gasteiger partial charge on any atom is -0.388 e. The van der Waals surface area contributed by atoms with Crippen LogP contribution in [0.2, 0.25) is 5.02 Å². The Hall–Kier alpha value is -0.140. The zero-order valence-corrected chi connectivity index (χ0v) is 15.0. The summed E-state index contributed by atoms with van der Waals surface area (Å²) < 4.78 is 25.6. The molecule has 1 saturated heterocycles. The number of piperidine rings is 1. The highest BCUT2D eigenvalue weighted by molar-refractivity contribution is 9.10. The van der Waals surface area contributed by atoms with Crippen molar-refractivity contribution in [3.63, 3.8) is 0 Å². The summed E-state index contributed by atoms with van der Waals surface area (Å²) in [6, 6.07) is 5.38. The smallest absolute Gasteiger partial charge is 0.211 e. The summed E-state index contributed by atoms with van der Waals surface area (Å²) in [5.41, 5.74) is 0.683. The van der Waals surface area contributed by atoms with Crippen LogP contribution < -0.4 is 0 Å². The molecule has 1 fully saturated rings. The summed E-state index contributed by atoms with van der Waals surface area (Å²) in [4.78, 5) is 0. The molecule has 0 spiro atoms. The molecular formula is C14H19BrClNO3S. The summed E-state index contributed by atoms with van der Waals surface area (Å²) in [6.07, 6.45) is 2.82. The summed E-state index contributed by atoms with van der Waals surface area (Å²) in [5, 5.41) is 10.9. The molecule has 1 N–H and O–H groups in total. The molecule has 0 amide bonds. The van der Waals surface area contributed by atoms with E-state index in [4.69, 9.17) is 11.6 Å². The second-order valence-electron chi connectivity index (χ2n) is 5.55. The van der Waals surface area contributed by atoms with Gasteiger partial charge >= 0.3 is 0 Å². The first kappa shape index (κ1) is 17.2. The van der Waals surface area contributed by atoms with Crippen LogP contribution in [0.25, 0.3) is 0 Å². The molecule has 2 rings (SSSR count). The second kappa shape index (κ2) is 6.96. The second-order valence-corrected chi connectivity index (χ2v) is 8.85. The minimum absolute atomic E-state index is 0.151. The van der Waals surface area contributed by atoms with E-state index < -0.39 is 16.1 Å². The maximum atomic E-state index is 11.6. The topological polar surface area (TPSA) is 57.6 Å². The number of halogens is 2. The van der Waals surface area contributed by atoms with Gasteiger partial charge in [-0.3, -0.25) is 0 Å². The molecule has 0 radical (unpaired) electrons. The molecule has 2 atom stereocenters. The van der Waals surface area contributed by atoms with Crippen LogP contribution in [0, 0.1) is 5.92 Å².